The highest BCUT2D eigenvalue weighted by Crippen LogP contribution is 2.25. The molecule has 0 radical (unpaired) electrons. The summed E-state index contributed by atoms with van der Waals surface area (Å²) in [5, 5.41) is 2.78. The van der Waals surface area contributed by atoms with Gasteiger partial charge in [0, 0.05) is 25.2 Å². The monoisotopic (exact) mass is 283 g/mol. The number of nitrogens with one attached hydrogen (secondary N) is 1. The Morgan fingerprint density at radius 2 is 2.00 bits per heavy atom. The number of carbonyl (C=O) groups is 1. The molecule has 1 amide bonds. The highest BCUT2D eigenvalue weighted by molar-refractivity contribution is 8.00. The standard InChI is InChI=1S/C14H21NO3S/c1-11(14(16)15-9-4-10-17-2)19-13-7-5-12(18-3)6-8-13/h5-8,11H,4,9-10H2,1-3H3,(H,15,16)/t11-/m1/s1. The van der Waals surface area contributed by atoms with E-state index in [4.69, 9.17) is 9.47 Å². The van der Waals surface area contributed by atoms with Crippen LogP contribution >= 0.6 is 11.8 Å². The maximum absolute atomic E-state index is 11.8. The second-order valence-electron chi connectivity index (χ2n) is 4.07. The van der Waals surface area contributed by atoms with Crippen LogP contribution in [-0.2, 0) is 9.53 Å². The van der Waals surface area contributed by atoms with E-state index in [2.05, 4.69) is 5.32 Å². The quantitative estimate of drug-likeness (QED) is 0.587. The van der Waals surface area contributed by atoms with Crippen LogP contribution < -0.4 is 10.1 Å². The summed E-state index contributed by atoms with van der Waals surface area (Å²) in [5.41, 5.74) is 0. The van der Waals surface area contributed by atoms with Gasteiger partial charge in [0.2, 0.25) is 5.91 Å². The van der Waals surface area contributed by atoms with E-state index in [0.717, 1.165) is 17.1 Å². The van der Waals surface area contributed by atoms with Crippen LogP contribution in [0.25, 0.3) is 0 Å². The van der Waals surface area contributed by atoms with Crippen LogP contribution in [0.15, 0.2) is 29.2 Å². The van der Waals surface area contributed by atoms with E-state index < -0.39 is 0 Å². The predicted octanol–water partition coefficient (Wildman–Crippen LogP) is 2.33. The fourth-order valence-corrected chi connectivity index (χ4v) is 2.38. The van der Waals surface area contributed by atoms with Crippen LogP contribution in [0, 0.1) is 0 Å². The van der Waals surface area contributed by atoms with Gasteiger partial charge in [-0.3, -0.25) is 4.79 Å². The SMILES string of the molecule is COCCCNC(=O)[C@@H](C)Sc1ccc(OC)cc1. The van der Waals surface area contributed by atoms with E-state index in [-0.39, 0.29) is 11.2 Å². The van der Waals surface area contributed by atoms with Crippen molar-refractivity contribution in [1.29, 1.82) is 0 Å². The third-order valence-electron chi connectivity index (χ3n) is 2.57. The molecule has 0 heterocycles. The lowest BCUT2D eigenvalue weighted by Crippen LogP contribution is -2.32. The van der Waals surface area contributed by atoms with Crippen molar-refractivity contribution in [2.75, 3.05) is 27.4 Å². The molecule has 0 aliphatic carbocycles. The van der Waals surface area contributed by atoms with Gasteiger partial charge in [-0.15, -0.1) is 11.8 Å². The second kappa shape index (κ2) is 8.82. The van der Waals surface area contributed by atoms with Crippen LogP contribution in [0.5, 0.6) is 5.75 Å². The number of methoxy groups -OCH3 is 2. The smallest absolute Gasteiger partial charge is 0.233 e. The Morgan fingerprint density at radius 1 is 1.32 bits per heavy atom. The number of amides is 1. The summed E-state index contributed by atoms with van der Waals surface area (Å²) in [7, 11) is 3.29. The number of hydrogen-bond donors (Lipinski definition) is 1. The summed E-state index contributed by atoms with van der Waals surface area (Å²) < 4.78 is 10.0. The van der Waals surface area contributed by atoms with Crippen molar-refractivity contribution < 1.29 is 14.3 Å². The van der Waals surface area contributed by atoms with Gasteiger partial charge in [-0.1, -0.05) is 0 Å². The van der Waals surface area contributed by atoms with Gasteiger partial charge in [0.05, 0.1) is 12.4 Å². The summed E-state index contributed by atoms with van der Waals surface area (Å²) in [6.07, 6.45) is 0.835. The Kier molecular flexibility index (Phi) is 7.36. The van der Waals surface area contributed by atoms with Crippen molar-refractivity contribution in [3.63, 3.8) is 0 Å². The van der Waals surface area contributed by atoms with Gasteiger partial charge in [0.25, 0.3) is 0 Å². The first-order valence-electron chi connectivity index (χ1n) is 6.24. The van der Waals surface area contributed by atoms with Crippen molar-refractivity contribution in [1.82, 2.24) is 5.32 Å². The normalized spacial score (nSPS) is 11.9. The zero-order valence-corrected chi connectivity index (χ0v) is 12.5. The van der Waals surface area contributed by atoms with Crippen LogP contribution in [0.2, 0.25) is 0 Å². The molecule has 0 aliphatic rings. The summed E-state index contributed by atoms with van der Waals surface area (Å²) in [4.78, 5) is 12.9. The third kappa shape index (κ3) is 5.98. The molecule has 0 bridgehead atoms. The molecule has 1 atom stereocenters. The summed E-state index contributed by atoms with van der Waals surface area (Å²) in [5.74, 6) is 0.873. The topological polar surface area (TPSA) is 47.6 Å². The molecule has 0 fully saturated rings. The zero-order chi connectivity index (χ0) is 14.1. The average molecular weight is 283 g/mol. The van der Waals surface area contributed by atoms with Crippen LogP contribution in [0.4, 0.5) is 0 Å². The van der Waals surface area contributed by atoms with Crippen molar-refractivity contribution in [2.24, 2.45) is 0 Å². The minimum atomic E-state index is -0.115. The number of thioether (sulfide) groups is 1. The Bertz CT molecular complexity index is 381. The molecule has 0 saturated carbocycles. The molecule has 106 valence electrons. The van der Waals surface area contributed by atoms with Gasteiger partial charge in [0.15, 0.2) is 0 Å². The van der Waals surface area contributed by atoms with Crippen molar-refractivity contribution in [3.05, 3.63) is 24.3 Å². The Balaban J connectivity index is 2.35. The van der Waals surface area contributed by atoms with E-state index in [9.17, 15) is 4.79 Å². The van der Waals surface area contributed by atoms with E-state index in [1.807, 2.05) is 31.2 Å². The lowest BCUT2D eigenvalue weighted by atomic mass is 10.3. The Hall–Kier alpha value is -1.20. The summed E-state index contributed by atoms with van der Waals surface area (Å²) in [6, 6.07) is 7.70. The van der Waals surface area contributed by atoms with Gasteiger partial charge in [0.1, 0.15) is 5.75 Å². The van der Waals surface area contributed by atoms with E-state index in [0.29, 0.717) is 13.2 Å². The Labute approximate surface area is 118 Å². The molecule has 0 aliphatic heterocycles. The number of ether oxygens (including phenoxy) is 2. The molecular weight excluding hydrogens is 262 g/mol. The van der Waals surface area contributed by atoms with Gasteiger partial charge < -0.3 is 14.8 Å². The van der Waals surface area contributed by atoms with Crippen LogP contribution in [-0.4, -0.2) is 38.5 Å². The van der Waals surface area contributed by atoms with Gasteiger partial charge in [-0.2, -0.15) is 0 Å². The molecule has 5 heteroatoms. The summed E-state index contributed by atoms with van der Waals surface area (Å²) >= 11 is 1.54. The van der Waals surface area contributed by atoms with E-state index in [1.54, 1.807) is 14.2 Å². The van der Waals surface area contributed by atoms with Crippen LogP contribution in [0.3, 0.4) is 0 Å². The third-order valence-corrected chi connectivity index (χ3v) is 3.68. The van der Waals surface area contributed by atoms with Crippen molar-refractivity contribution in [2.45, 2.75) is 23.5 Å². The first-order valence-corrected chi connectivity index (χ1v) is 7.12. The molecule has 0 spiro atoms. The van der Waals surface area contributed by atoms with Gasteiger partial charge in [-0.05, 0) is 37.6 Å². The molecule has 1 aromatic rings. The number of hydrogen-bond acceptors (Lipinski definition) is 4. The molecule has 1 rings (SSSR count). The second-order valence-corrected chi connectivity index (χ2v) is 5.49. The summed E-state index contributed by atoms with van der Waals surface area (Å²) in [6.45, 7) is 3.22. The molecule has 1 N–H and O–H groups in total. The molecular formula is C14H21NO3S. The molecule has 4 nitrogen and oxygen atoms in total. The first kappa shape index (κ1) is 15.9. The van der Waals surface area contributed by atoms with E-state index >= 15 is 0 Å². The number of rotatable bonds is 8. The largest absolute Gasteiger partial charge is 0.497 e. The molecule has 0 aromatic heterocycles. The highest BCUT2D eigenvalue weighted by Gasteiger charge is 2.13. The molecule has 19 heavy (non-hydrogen) atoms. The van der Waals surface area contributed by atoms with E-state index in [1.165, 1.54) is 11.8 Å². The van der Waals surface area contributed by atoms with Crippen molar-refractivity contribution in [3.8, 4) is 5.75 Å². The highest BCUT2D eigenvalue weighted by atomic mass is 32.2. The lowest BCUT2D eigenvalue weighted by Gasteiger charge is -2.12. The molecule has 0 saturated heterocycles. The van der Waals surface area contributed by atoms with Crippen molar-refractivity contribution >= 4 is 17.7 Å². The maximum Gasteiger partial charge on any atom is 0.233 e. The maximum atomic E-state index is 11.8. The number of carbonyl (C=O) groups excluding carboxylic acids is 1. The predicted molar refractivity (Wildman–Crippen MR) is 77.8 cm³/mol. The zero-order valence-electron chi connectivity index (χ0n) is 11.6. The fraction of sp³-hybridized carbons (Fsp3) is 0.500. The van der Waals surface area contributed by atoms with Gasteiger partial charge >= 0.3 is 0 Å². The first-order chi connectivity index (χ1) is 9.17. The minimum Gasteiger partial charge on any atom is -0.497 e. The van der Waals surface area contributed by atoms with Gasteiger partial charge in [-0.25, -0.2) is 0 Å². The molecule has 0 unspecified atom stereocenters. The van der Waals surface area contributed by atoms with Crippen LogP contribution in [0.1, 0.15) is 13.3 Å². The number of benzene rings is 1. The average Bonchev–Trinajstić information content (AvgIpc) is 2.44. The lowest BCUT2D eigenvalue weighted by molar-refractivity contribution is -0.120. The fourth-order valence-electron chi connectivity index (χ4n) is 1.48. The Morgan fingerprint density at radius 3 is 2.58 bits per heavy atom. The minimum absolute atomic E-state index is 0.0527. The molecule has 1 aromatic carbocycles.